The molecule has 1 atom stereocenters. The zero-order valence-corrected chi connectivity index (χ0v) is 10.8. The highest BCUT2D eigenvalue weighted by Crippen LogP contribution is 2.14. The molecular weight excluding hydrogens is 214 g/mol. The molecule has 0 aliphatic heterocycles. The van der Waals surface area contributed by atoms with E-state index in [1.165, 1.54) is 5.56 Å². The second-order valence-corrected chi connectivity index (χ2v) is 4.30. The molecule has 0 aromatic heterocycles. The van der Waals surface area contributed by atoms with E-state index in [9.17, 15) is 0 Å². The molecule has 3 heteroatoms. The summed E-state index contributed by atoms with van der Waals surface area (Å²) >= 11 is 0. The lowest BCUT2D eigenvalue weighted by Gasteiger charge is -2.12. The SMILES string of the molecule is COCCCCC(N)Cc1cccc(OC)c1. The number of rotatable bonds is 8. The Morgan fingerprint density at radius 1 is 1.24 bits per heavy atom. The lowest BCUT2D eigenvalue weighted by molar-refractivity contribution is 0.191. The van der Waals surface area contributed by atoms with Gasteiger partial charge in [0.15, 0.2) is 0 Å². The molecule has 0 aliphatic carbocycles. The topological polar surface area (TPSA) is 44.5 Å². The third-order valence-corrected chi connectivity index (χ3v) is 2.81. The van der Waals surface area contributed by atoms with Crippen LogP contribution in [0.1, 0.15) is 24.8 Å². The summed E-state index contributed by atoms with van der Waals surface area (Å²) in [6.45, 7) is 0.825. The predicted octanol–water partition coefficient (Wildman–Crippen LogP) is 2.38. The molecule has 0 spiro atoms. The minimum atomic E-state index is 0.221. The summed E-state index contributed by atoms with van der Waals surface area (Å²) in [4.78, 5) is 0. The monoisotopic (exact) mass is 237 g/mol. The van der Waals surface area contributed by atoms with Gasteiger partial charge in [0, 0.05) is 19.8 Å². The van der Waals surface area contributed by atoms with Gasteiger partial charge in [0.05, 0.1) is 7.11 Å². The zero-order chi connectivity index (χ0) is 12.5. The Morgan fingerprint density at radius 2 is 2.06 bits per heavy atom. The quantitative estimate of drug-likeness (QED) is 0.706. The molecule has 1 unspecified atom stereocenters. The third-order valence-electron chi connectivity index (χ3n) is 2.81. The summed E-state index contributed by atoms with van der Waals surface area (Å²) in [5.41, 5.74) is 7.34. The highest BCUT2D eigenvalue weighted by atomic mass is 16.5. The molecule has 1 aromatic carbocycles. The van der Waals surface area contributed by atoms with E-state index in [0.29, 0.717) is 0 Å². The Morgan fingerprint density at radius 3 is 2.76 bits per heavy atom. The van der Waals surface area contributed by atoms with Gasteiger partial charge in [-0.25, -0.2) is 0 Å². The molecular formula is C14H23NO2. The Kier molecular flexibility index (Phi) is 6.67. The van der Waals surface area contributed by atoms with Crippen LogP contribution in [0.3, 0.4) is 0 Å². The number of unbranched alkanes of at least 4 members (excludes halogenated alkanes) is 1. The Hall–Kier alpha value is -1.06. The van der Waals surface area contributed by atoms with Crippen molar-refractivity contribution in [1.29, 1.82) is 0 Å². The van der Waals surface area contributed by atoms with Crippen molar-refractivity contribution in [2.45, 2.75) is 31.7 Å². The maximum Gasteiger partial charge on any atom is 0.119 e. The largest absolute Gasteiger partial charge is 0.497 e. The summed E-state index contributed by atoms with van der Waals surface area (Å²) in [6.07, 6.45) is 4.16. The average Bonchev–Trinajstić information content (AvgIpc) is 2.35. The number of methoxy groups -OCH3 is 2. The first-order valence-electron chi connectivity index (χ1n) is 6.13. The van der Waals surface area contributed by atoms with Crippen LogP contribution in [-0.4, -0.2) is 26.9 Å². The van der Waals surface area contributed by atoms with Gasteiger partial charge in [0.25, 0.3) is 0 Å². The lowest BCUT2D eigenvalue weighted by atomic mass is 10.0. The first kappa shape index (κ1) is 14.0. The summed E-state index contributed by atoms with van der Waals surface area (Å²) in [7, 11) is 3.42. The van der Waals surface area contributed by atoms with Gasteiger partial charge in [0.1, 0.15) is 5.75 Å². The van der Waals surface area contributed by atoms with Crippen LogP contribution in [-0.2, 0) is 11.2 Å². The van der Waals surface area contributed by atoms with Crippen molar-refractivity contribution >= 4 is 0 Å². The molecule has 0 amide bonds. The third kappa shape index (κ3) is 5.71. The molecule has 2 N–H and O–H groups in total. The van der Waals surface area contributed by atoms with Gasteiger partial charge in [-0.2, -0.15) is 0 Å². The Balaban J connectivity index is 2.31. The van der Waals surface area contributed by atoms with E-state index in [1.807, 2.05) is 12.1 Å². The van der Waals surface area contributed by atoms with Gasteiger partial charge in [-0.05, 0) is 43.4 Å². The van der Waals surface area contributed by atoms with Crippen molar-refractivity contribution < 1.29 is 9.47 Å². The molecule has 0 fully saturated rings. The summed E-state index contributed by atoms with van der Waals surface area (Å²) in [5.74, 6) is 0.897. The first-order chi connectivity index (χ1) is 8.26. The van der Waals surface area contributed by atoms with Crippen LogP contribution in [0.25, 0.3) is 0 Å². The molecule has 0 saturated carbocycles. The first-order valence-corrected chi connectivity index (χ1v) is 6.13. The van der Waals surface area contributed by atoms with Crippen LogP contribution in [0, 0.1) is 0 Å². The van der Waals surface area contributed by atoms with Gasteiger partial charge >= 0.3 is 0 Å². The van der Waals surface area contributed by atoms with Gasteiger partial charge in [-0.15, -0.1) is 0 Å². The summed E-state index contributed by atoms with van der Waals surface area (Å²) < 4.78 is 10.2. The van der Waals surface area contributed by atoms with E-state index in [2.05, 4.69) is 12.1 Å². The fourth-order valence-corrected chi connectivity index (χ4v) is 1.86. The molecule has 96 valence electrons. The van der Waals surface area contributed by atoms with E-state index in [-0.39, 0.29) is 6.04 Å². The van der Waals surface area contributed by atoms with Crippen LogP contribution in [0.5, 0.6) is 5.75 Å². The Labute approximate surface area is 104 Å². The van der Waals surface area contributed by atoms with Crippen LogP contribution in [0.4, 0.5) is 0 Å². The number of nitrogens with two attached hydrogens (primary N) is 1. The van der Waals surface area contributed by atoms with Crippen molar-refractivity contribution in [2.75, 3.05) is 20.8 Å². The van der Waals surface area contributed by atoms with Crippen LogP contribution < -0.4 is 10.5 Å². The molecule has 0 saturated heterocycles. The molecule has 0 aliphatic rings. The molecule has 3 nitrogen and oxygen atoms in total. The van der Waals surface area contributed by atoms with Crippen LogP contribution in [0.2, 0.25) is 0 Å². The van der Waals surface area contributed by atoms with E-state index >= 15 is 0 Å². The summed E-state index contributed by atoms with van der Waals surface area (Å²) in [6, 6.07) is 8.32. The fraction of sp³-hybridized carbons (Fsp3) is 0.571. The van der Waals surface area contributed by atoms with Crippen molar-refractivity contribution in [3.8, 4) is 5.75 Å². The van der Waals surface area contributed by atoms with E-state index in [4.69, 9.17) is 15.2 Å². The maximum atomic E-state index is 6.10. The number of benzene rings is 1. The minimum Gasteiger partial charge on any atom is -0.497 e. The molecule has 0 heterocycles. The van der Waals surface area contributed by atoms with Crippen molar-refractivity contribution in [1.82, 2.24) is 0 Å². The normalized spacial score (nSPS) is 12.4. The number of hydrogen-bond donors (Lipinski definition) is 1. The van der Waals surface area contributed by atoms with Crippen molar-refractivity contribution in [2.24, 2.45) is 5.73 Å². The van der Waals surface area contributed by atoms with Crippen molar-refractivity contribution in [3.63, 3.8) is 0 Å². The molecule has 0 radical (unpaired) electrons. The van der Waals surface area contributed by atoms with Gasteiger partial charge in [-0.1, -0.05) is 12.1 Å². The highest BCUT2D eigenvalue weighted by Gasteiger charge is 2.04. The van der Waals surface area contributed by atoms with Crippen molar-refractivity contribution in [3.05, 3.63) is 29.8 Å². The second-order valence-electron chi connectivity index (χ2n) is 4.30. The van der Waals surface area contributed by atoms with E-state index < -0.39 is 0 Å². The van der Waals surface area contributed by atoms with E-state index in [1.54, 1.807) is 14.2 Å². The average molecular weight is 237 g/mol. The highest BCUT2D eigenvalue weighted by molar-refractivity contribution is 5.28. The second kappa shape index (κ2) is 8.09. The lowest BCUT2D eigenvalue weighted by Crippen LogP contribution is -2.22. The molecule has 17 heavy (non-hydrogen) atoms. The van der Waals surface area contributed by atoms with Gasteiger partial charge in [-0.3, -0.25) is 0 Å². The Bertz CT molecular complexity index is 315. The van der Waals surface area contributed by atoms with Gasteiger partial charge in [0.2, 0.25) is 0 Å². The standard InChI is InChI=1S/C14H23NO2/c1-16-9-4-3-7-13(15)10-12-6-5-8-14(11-12)17-2/h5-6,8,11,13H,3-4,7,9-10,15H2,1-2H3. The van der Waals surface area contributed by atoms with E-state index in [0.717, 1.165) is 38.0 Å². The number of ether oxygens (including phenoxy) is 2. The number of hydrogen-bond acceptors (Lipinski definition) is 3. The van der Waals surface area contributed by atoms with Gasteiger partial charge < -0.3 is 15.2 Å². The van der Waals surface area contributed by atoms with Crippen LogP contribution in [0.15, 0.2) is 24.3 Å². The molecule has 1 aromatic rings. The minimum absolute atomic E-state index is 0.221. The summed E-state index contributed by atoms with van der Waals surface area (Å²) in [5, 5.41) is 0. The maximum absolute atomic E-state index is 6.10. The smallest absolute Gasteiger partial charge is 0.119 e. The van der Waals surface area contributed by atoms with Crippen LogP contribution >= 0.6 is 0 Å². The predicted molar refractivity (Wildman–Crippen MR) is 70.4 cm³/mol. The molecule has 1 rings (SSSR count). The molecule has 0 bridgehead atoms. The fourth-order valence-electron chi connectivity index (χ4n) is 1.86. The zero-order valence-electron chi connectivity index (χ0n) is 10.8.